The third-order valence-electron chi connectivity index (χ3n) is 2.77. The molecule has 21 heavy (non-hydrogen) atoms. The first-order valence-electron chi connectivity index (χ1n) is 6.40. The Balaban J connectivity index is 1.97. The first kappa shape index (κ1) is 15.7. The molecule has 0 radical (unpaired) electrons. The molecule has 0 aliphatic rings. The predicted molar refractivity (Wildman–Crippen MR) is 86.5 cm³/mol. The lowest BCUT2D eigenvalue weighted by Gasteiger charge is -2.10. The number of hydrogen-bond donors (Lipinski definition) is 1. The Kier molecular flexibility index (Phi) is 5.10. The fourth-order valence-electron chi connectivity index (χ4n) is 1.94. The van der Waals surface area contributed by atoms with Gasteiger partial charge in [-0.2, -0.15) is 0 Å². The Morgan fingerprint density at radius 2 is 1.76 bits per heavy atom. The molecule has 0 saturated carbocycles. The van der Waals surface area contributed by atoms with E-state index in [0.29, 0.717) is 21.5 Å². The second-order valence-electron chi connectivity index (χ2n) is 4.78. The molecular formula is C16H15Cl2NO2. The first-order valence-corrected chi connectivity index (χ1v) is 7.15. The van der Waals surface area contributed by atoms with Crippen molar-refractivity contribution in [3.8, 4) is 5.75 Å². The molecule has 2 aromatic rings. The molecule has 1 N–H and O–H groups in total. The average Bonchev–Trinajstić information content (AvgIpc) is 2.40. The van der Waals surface area contributed by atoms with Crippen LogP contribution in [0.4, 0.5) is 5.69 Å². The summed E-state index contributed by atoms with van der Waals surface area (Å²) >= 11 is 11.9. The molecule has 0 spiro atoms. The summed E-state index contributed by atoms with van der Waals surface area (Å²) in [5.74, 6) is 0.373. The molecule has 0 fully saturated rings. The van der Waals surface area contributed by atoms with Crippen molar-refractivity contribution in [3.63, 3.8) is 0 Å². The number of ether oxygens (including phenoxy) is 1. The van der Waals surface area contributed by atoms with Gasteiger partial charge in [0.25, 0.3) is 5.91 Å². The van der Waals surface area contributed by atoms with Crippen LogP contribution in [0.3, 0.4) is 0 Å². The van der Waals surface area contributed by atoms with Gasteiger partial charge in [0.2, 0.25) is 0 Å². The lowest BCUT2D eigenvalue weighted by Crippen LogP contribution is -2.20. The van der Waals surface area contributed by atoms with Crippen molar-refractivity contribution in [2.45, 2.75) is 13.8 Å². The summed E-state index contributed by atoms with van der Waals surface area (Å²) in [6, 6.07) is 10.7. The van der Waals surface area contributed by atoms with Gasteiger partial charge in [-0.3, -0.25) is 4.79 Å². The van der Waals surface area contributed by atoms with Crippen LogP contribution in [0.15, 0.2) is 36.4 Å². The van der Waals surface area contributed by atoms with Crippen molar-refractivity contribution < 1.29 is 9.53 Å². The minimum atomic E-state index is -0.293. The highest BCUT2D eigenvalue weighted by Gasteiger charge is 2.08. The molecule has 0 saturated heterocycles. The first-order chi connectivity index (χ1) is 9.94. The number of benzene rings is 2. The Bertz CT molecular complexity index is 651. The van der Waals surface area contributed by atoms with Crippen LogP contribution in [0, 0.1) is 13.8 Å². The van der Waals surface area contributed by atoms with Crippen LogP contribution >= 0.6 is 23.2 Å². The Morgan fingerprint density at radius 1 is 1.10 bits per heavy atom. The minimum absolute atomic E-state index is 0.0915. The quantitative estimate of drug-likeness (QED) is 0.890. The average molecular weight is 324 g/mol. The van der Waals surface area contributed by atoms with Gasteiger partial charge in [-0.15, -0.1) is 0 Å². The van der Waals surface area contributed by atoms with Gasteiger partial charge < -0.3 is 10.1 Å². The molecule has 2 aromatic carbocycles. The summed E-state index contributed by atoms with van der Waals surface area (Å²) in [7, 11) is 0. The summed E-state index contributed by atoms with van der Waals surface area (Å²) < 4.78 is 5.48. The van der Waals surface area contributed by atoms with Crippen LogP contribution in [-0.4, -0.2) is 12.5 Å². The summed E-state index contributed by atoms with van der Waals surface area (Å²) in [5, 5.41) is 3.60. The zero-order valence-corrected chi connectivity index (χ0v) is 13.3. The van der Waals surface area contributed by atoms with Crippen molar-refractivity contribution in [1.29, 1.82) is 0 Å². The molecule has 0 bridgehead atoms. The normalized spacial score (nSPS) is 10.3. The zero-order valence-electron chi connectivity index (χ0n) is 11.7. The van der Waals surface area contributed by atoms with Crippen molar-refractivity contribution in [1.82, 2.24) is 0 Å². The SMILES string of the molecule is Cc1cc(C)cc(OCC(=O)Nc2cc(Cl)ccc2Cl)c1. The van der Waals surface area contributed by atoms with Crippen LogP contribution in [-0.2, 0) is 4.79 Å². The number of carbonyl (C=O) groups excluding carboxylic acids is 1. The van der Waals surface area contributed by atoms with E-state index in [-0.39, 0.29) is 12.5 Å². The molecule has 0 unspecified atom stereocenters. The number of aryl methyl sites for hydroxylation is 2. The van der Waals surface area contributed by atoms with Crippen LogP contribution in [0.2, 0.25) is 10.0 Å². The molecule has 0 aliphatic carbocycles. The summed E-state index contributed by atoms with van der Waals surface area (Å²) in [6.07, 6.45) is 0. The number of hydrogen-bond acceptors (Lipinski definition) is 2. The van der Waals surface area contributed by atoms with Crippen molar-refractivity contribution in [2.24, 2.45) is 0 Å². The summed E-state index contributed by atoms with van der Waals surface area (Å²) in [5.41, 5.74) is 2.64. The maximum Gasteiger partial charge on any atom is 0.262 e. The van der Waals surface area contributed by atoms with E-state index < -0.39 is 0 Å². The second-order valence-corrected chi connectivity index (χ2v) is 5.63. The minimum Gasteiger partial charge on any atom is -0.484 e. The molecule has 3 nitrogen and oxygen atoms in total. The van der Waals surface area contributed by atoms with Gasteiger partial charge in [0, 0.05) is 5.02 Å². The van der Waals surface area contributed by atoms with Crippen LogP contribution in [0.25, 0.3) is 0 Å². The second kappa shape index (κ2) is 6.83. The molecule has 0 aromatic heterocycles. The van der Waals surface area contributed by atoms with Crippen LogP contribution in [0.5, 0.6) is 5.75 Å². The Labute approximate surface area is 133 Å². The fraction of sp³-hybridized carbons (Fsp3) is 0.188. The third-order valence-corrected chi connectivity index (χ3v) is 3.33. The van der Waals surface area contributed by atoms with Crippen molar-refractivity contribution >= 4 is 34.8 Å². The largest absolute Gasteiger partial charge is 0.484 e. The molecule has 0 aliphatic heterocycles. The topological polar surface area (TPSA) is 38.3 Å². The molecule has 110 valence electrons. The van der Waals surface area contributed by atoms with E-state index in [1.165, 1.54) is 0 Å². The maximum absolute atomic E-state index is 11.9. The Morgan fingerprint density at radius 3 is 2.43 bits per heavy atom. The molecule has 1 amide bonds. The lowest BCUT2D eigenvalue weighted by atomic mass is 10.1. The number of carbonyl (C=O) groups is 1. The van der Waals surface area contributed by atoms with Crippen molar-refractivity contribution in [3.05, 3.63) is 57.6 Å². The van der Waals surface area contributed by atoms with E-state index in [1.807, 2.05) is 32.0 Å². The molecule has 2 rings (SSSR count). The smallest absolute Gasteiger partial charge is 0.262 e. The maximum atomic E-state index is 11.9. The van der Waals surface area contributed by atoms with Crippen LogP contribution in [0.1, 0.15) is 11.1 Å². The number of anilines is 1. The van der Waals surface area contributed by atoms with Crippen LogP contribution < -0.4 is 10.1 Å². The lowest BCUT2D eigenvalue weighted by molar-refractivity contribution is -0.118. The molecule has 0 heterocycles. The van der Waals surface area contributed by atoms with Gasteiger partial charge in [0.05, 0.1) is 10.7 Å². The Hall–Kier alpha value is -1.71. The summed E-state index contributed by atoms with van der Waals surface area (Å²) in [6.45, 7) is 3.86. The van der Waals surface area contributed by atoms with Crippen molar-refractivity contribution in [2.75, 3.05) is 11.9 Å². The standard InChI is InChI=1S/C16H15Cl2NO2/c1-10-5-11(2)7-13(6-10)21-9-16(20)19-15-8-12(17)3-4-14(15)18/h3-8H,9H2,1-2H3,(H,19,20). The van der Waals surface area contributed by atoms with Gasteiger partial charge in [-0.25, -0.2) is 0 Å². The highest BCUT2D eigenvalue weighted by molar-refractivity contribution is 6.35. The van der Waals surface area contributed by atoms with E-state index in [9.17, 15) is 4.79 Å². The van der Waals surface area contributed by atoms with E-state index >= 15 is 0 Å². The van der Waals surface area contributed by atoms with Gasteiger partial charge in [-0.05, 0) is 55.3 Å². The van der Waals surface area contributed by atoms with E-state index in [4.69, 9.17) is 27.9 Å². The van der Waals surface area contributed by atoms with Gasteiger partial charge in [0.1, 0.15) is 5.75 Å². The van der Waals surface area contributed by atoms with E-state index in [0.717, 1.165) is 11.1 Å². The number of halogens is 2. The van der Waals surface area contributed by atoms with E-state index in [2.05, 4.69) is 5.32 Å². The third kappa shape index (κ3) is 4.66. The number of nitrogens with one attached hydrogen (secondary N) is 1. The highest BCUT2D eigenvalue weighted by atomic mass is 35.5. The van der Waals surface area contributed by atoms with Gasteiger partial charge in [0.15, 0.2) is 6.61 Å². The zero-order chi connectivity index (χ0) is 15.4. The number of rotatable bonds is 4. The predicted octanol–water partition coefficient (Wildman–Crippen LogP) is 4.63. The van der Waals surface area contributed by atoms with Gasteiger partial charge in [-0.1, -0.05) is 29.3 Å². The molecule has 5 heteroatoms. The molecule has 0 atom stereocenters. The highest BCUT2D eigenvalue weighted by Crippen LogP contribution is 2.25. The summed E-state index contributed by atoms with van der Waals surface area (Å²) in [4.78, 5) is 11.9. The molecular weight excluding hydrogens is 309 g/mol. The van der Waals surface area contributed by atoms with Gasteiger partial charge >= 0.3 is 0 Å². The number of amides is 1. The fourth-order valence-corrected chi connectivity index (χ4v) is 2.28. The van der Waals surface area contributed by atoms with E-state index in [1.54, 1.807) is 18.2 Å². The monoisotopic (exact) mass is 323 g/mol.